The van der Waals surface area contributed by atoms with E-state index in [4.69, 9.17) is 5.73 Å². The number of halogens is 1. The minimum absolute atomic E-state index is 0. The third-order valence-corrected chi connectivity index (χ3v) is 3.96. The second-order valence-corrected chi connectivity index (χ2v) is 5.60. The fraction of sp³-hybridized carbons (Fsp3) is 0.857. The number of methoxy groups -OCH3 is 1. The fourth-order valence-electron chi connectivity index (χ4n) is 1.31. The maximum absolute atomic E-state index is 11.2. The Hall–Kier alpha value is -0.330. The van der Waals surface area contributed by atoms with Gasteiger partial charge in [-0.2, -0.15) is 0 Å². The first-order valence-corrected chi connectivity index (χ1v) is 5.79. The van der Waals surface area contributed by atoms with Crippen LogP contribution in [0.3, 0.4) is 0 Å². The van der Waals surface area contributed by atoms with Gasteiger partial charge in [0.1, 0.15) is 15.4 Å². The summed E-state index contributed by atoms with van der Waals surface area (Å²) in [5.74, 6) is -0.584. The fourth-order valence-corrected chi connectivity index (χ4v) is 2.86. The van der Waals surface area contributed by atoms with E-state index in [9.17, 15) is 13.2 Å². The summed E-state index contributed by atoms with van der Waals surface area (Å²) in [5.41, 5.74) is 4.60. The molecule has 1 aliphatic rings. The van der Waals surface area contributed by atoms with Gasteiger partial charge in [-0.1, -0.05) is 0 Å². The van der Waals surface area contributed by atoms with Gasteiger partial charge in [0.25, 0.3) is 0 Å². The van der Waals surface area contributed by atoms with E-state index in [0.29, 0.717) is 0 Å². The molecule has 0 aliphatic carbocycles. The number of carbonyl (C=O) groups excluding carboxylic acids is 1. The Bertz CT molecular complexity index is 300. The maximum atomic E-state index is 11.2. The number of ether oxygens (including phenoxy) is 1. The monoisotopic (exact) mass is 243 g/mol. The number of esters is 1. The van der Waals surface area contributed by atoms with E-state index >= 15 is 0 Å². The van der Waals surface area contributed by atoms with E-state index in [1.165, 1.54) is 7.11 Å². The Labute approximate surface area is 89.3 Å². The van der Waals surface area contributed by atoms with Gasteiger partial charge in [0.05, 0.1) is 18.6 Å². The lowest BCUT2D eigenvalue weighted by molar-refractivity contribution is -0.147. The van der Waals surface area contributed by atoms with Crippen LogP contribution < -0.4 is 5.73 Å². The lowest BCUT2D eigenvalue weighted by atomic mass is 9.94. The summed E-state index contributed by atoms with van der Waals surface area (Å²) in [6.45, 7) is 0. The molecular formula is C7H14ClNO4S. The highest BCUT2D eigenvalue weighted by atomic mass is 35.5. The third-order valence-electron chi connectivity index (χ3n) is 2.31. The van der Waals surface area contributed by atoms with Gasteiger partial charge in [-0.05, 0) is 12.8 Å². The summed E-state index contributed by atoms with van der Waals surface area (Å²) in [6, 6.07) is 0. The minimum atomic E-state index is -2.98. The number of rotatable bonds is 1. The van der Waals surface area contributed by atoms with Crippen LogP contribution in [0.5, 0.6) is 0 Å². The summed E-state index contributed by atoms with van der Waals surface area (Å²) in [6.07, 6.45) is 0.310. The topological polar surface area (TPSA) is 86.5 Å². The normalized spacial score (nSPS) is 23.3. The van der Waals surface area contributed by atoms with Gasteiger partial charge in [-0.15, -0.1) is 12.4 Å². The molecule has 84 valence electrons. The Morgan fingerprint density at radius 3 is 2.14 bits per heavy atom. The predicted octanol–water partition coefficient (Wildman–Crippen LogP) is -0.513. The standard InChI is InChI=1S/C7H13NO4S.ClH/c1-12-6(9)7(8)2-4-13(10,11)5-3-7;/h2-5,8H2,1H3;1H. The highest BCUT2D eigenvalue weighted by Gasteiger charge is 2.40. The molecule has 0 aromatic rings. The minimum Gasteiger partial charge on any atom is -0.468 e. The molecule has 0 spiro atoms. The number of hydrogen-bond acceptors (Lipinski definition) is 5. The molecule has 1 saturated heterocycles. The Kier molecular flexibility index (Phi) is 4.35. The van der Waals surface area contributed by atoms with Crippen molar-refractivity contribution in [3.63, 3.8) is 0 Å². The lowest BCUT2D eigenvalue weighted by Crippen LogP contribution is -2.53. The van der Waals surface area contributed by atoms with Crippen molar-refractivity contribution in [3.8, 4) is 0 Å². The Morgan fingerprint density at radius 1 is 1.36 bits per heavy atom. The maximum Gasteiger partial charge on any atom is 0.325 e. The number of carbonyl (C=O) groups is 1. The van der Waals surface area contributed by atoms with Crippen molar-refractivity contribution >= 4 is 28.2 Å². The van der Waals surface area contributed by atoms with Crippen molar-refractivity contribution in [1.29, 1.82) is 0 Å². The molecule has 0 aromatic carbocycles. The molecule has 0 aromatic heterocycles. The first-order chi connectivity index (χ1) is 5.90. The van der Waals surface area contributed by atoms with Crippen LogP contribution in [0, 0.1) is 0 Å². The zero-order chi connectivity index (χ0) is 10.1. The molecule has 14 heavy (non-hydrogen) atoms. The second kappa shape index (κ2) is 4.46. The quantitative estimate of drug-likeness (QED) is 0.627. The second-order valence-electron chi connectivity index (χ2n) is 3.30. The zero-order valence-corrected chi connectivity index (χ0v) is 9.49. The van der Waals surface area contributed by atoms with E-state index in [-0.39, 0.29) is 36.8 Å². The van der Waals surface area contributed by atoms with Gasteiger partial charge in [0.2, 0.25) is 0 Å². The average molecular weight is 244 g/mol. The van der Waals surface area contributed by atoms with Gasteiger partial charge >= 0.3 is 5.97 Å². The van der Waals surface area contributed by atoms with Gasteiger partial charge in [-0.3, -0.25) is 4.79 Å². The van der Waals surface area contributed by atoms with E-state index in [1.54, 1.807) is 0 Å². The van der Waals surface area contributed by atoms with Crippen LogP contribution in [0.2, 0.25) is 0 Å². The zero-order valence-electron chi connectivity index (χ0n) is 7.86. The van der Waals surface area contributed by atoms with Crippen molar-refractivity contribution < 1.29 is 17.9 Å². The Balaban J connectivity index is 0.00000169. The summed E-state index contributed by atoms with van der Waals surface area (Å²) in [4.78, 5) is 11.2. The van der Waals surface area contributed by atoms with Gasteiger partial charge in [-0.25, -0.2) is 8.42 Å². The molecule has 0 bridgehead atoms. The van der Waals surface area contributed by atoms with Crippen LogP contribution in [-0.4, -0.2) is 38.5 Å². The van der Waals surface area contributed by atoms with Crippen molar-refractivity contribution in [2.45, 2.75) is 18.4 Å². The first-order valence-electron chi connectivity index (χ1n) is 3.97. The molecule has 1 heterocycles. The van der Waals surface area contributed by atoms with Crippen LogP contribution in [-0.2, 0) is 19.4 Å². The van der Waals surface area contributed by atoms with Crippen LogP contribution in [0.4, 0.5) is 0 Å². The molecule has 1 rings (SSSR count). The predicted molar refractivity (Wildman–Crippen MR) is 54.1 cm³/mol. The van der Waals surface area contributed by atoms with Crippen molar-refractivity contribution in [1.82, 2.24) is 0 Å². The summed E-state index contributed by atoms with van der Waals surface area (Å²) in [5, 5.41) is 0. The molecule has 0 amide bonds. The van der Waals surface area contributed by atoms with Crippen LogP contribution in [0.25, 0.3) is 0 Å². The molecule has 2 N–H and O–H groups in total. The number of nitrogens with two attached hydrogens (primary N) is 1. The Morgan fingerprint density at radius 2 is 1.79 bits per heavy atom. The van der Waals surface area contributed by atoms with Crippen molar-refractivity contribution in [3.05, 3.63) is 0 Å². The lowest BCUT2D eigenvalue weighted by Gasteiger charge is -2.29. The van der Waals surface area contributed by atoms with E-state index in [1.807, 2.05) is 0 Å². The molecule has 0 atom stereocenters. The number of hydrogen-bond donors (Lipinski definition) is 1. The summed E-state index contributed by atoms with van der Waals surface area (Å²) in [7, 11) is -1.73. The smallest absolute Gasteiger partial charge is 0.325 e. The van der Waals surface area contributed by atoms with Gasteiger partial charge < -0.3 is 10.5 Å². The van der Waals surface area contributed by atoms with Crippen molar-refractivity contribution in [2.24, 2.45) is 5.73 Å². The summed E-state index contributed by atoms with van der Waals surface area (Å²) < 4.78 is 26.6. The first kappa shape index (κ1) is 13.7. The third kappa shape index (κ3) is 2.83. The summed E-state index contributed by atoms with van der Waals surface area (Å²) >= 11 is 0. The molecule has 0 radical (unpaired) electrons. The van der Waals surface area contributed by atoms with Gasteiger partial charge in [0, 0.05) is 0 Å². The molecule has 0 unspecified atom stereocenters. The largest absolute Gasteiger partial charge is 0.468 e. The van der Waals surface area contributed by atoms with Crippen LogP contribution in [0.1, 0.15) is 12.8 Å². The van der Waals surface area contributed by atoms with Crippen LogP contribution >= 0.6 is 12.4 Å². The molecule has 1 aliphatic heterocycles. The SMILES string of the molecule is COC(=O)C1(N)CCS(=O)(=O)CC1.Cl. The van der Waals surface area contributed by atoms with Crippen LogP contribution in [0.15, 0.2) is 0 Å². The van der Waals surface area contributed by atoms with E-state index in [0.717, 1.165) is 0 Å². The molecule has 7 heteroatoms. The van der Waals surface area contributed by atoms with E-state index in [2.05, 4.69) is 4.74 Å². The van der Waals surface area contributed by atoms with E-state index < -0.39 is 21.3 Å². The highest BCUT2D eigenvalue weighted by Crippen LogP contribution is 2.22. The number of sulfone groups is 1. The van der Waals surface area contributed by atoms with Gasteiger partial charge in [0.15, 0.2) is 0 Å². The van der Waals surface area contributed by atoms with Crippen molar-refractivity contribution in [2.75, 3.05) is 18.6 Å². The molecular weight excluding hydrogens is 230 g/mol. The molecule has 1 fully saturated rings. The highest BCUT2D eigenvalue weighted by molar-refractivity contribution is 7.91. The molecule has 5 nitrogen and oxygen atoms in total. The average Bonchev–Trinajstić information content (AvgIpc) is 2.09. The molecule has 0 saturated carbocycles.